The maximum atomic E-state index is 10.4. The molecule has 3 nitrogen and oxygen atoms in total. The first-order chi connectivity index (χ1) is 5.81. The number of hydrogen-bond acceptors (Lipinski definition) is 3. The van der Waals surface area contributed by atoms with Gasteiger partial charge in [-0.15, -0.1) is 0 Å². The van der Waals surface area contributed by atoms with Crippen LogP contribution in [0.2, 0.25) is 0 Å². The van der Waals surface area contributed by atoms with E-state index in [0.29, 0.717) is 23.3 Å². The van der Waals surface area contributed by atoms with Gasteiger partial charge in [0.1, 0.15) is 5.75 Å². The second kappa shape index (κ2) is 3.67. The lowest BCUT2D eigenvalue weighted by Crippen LogP contribution is -1.92. The normalized spacial score (nSPS) is 9.08. The van der Waals surface area contributed by atoms with E-state index in [2.05, 4.69) is 11.6 Å². The number of rotatable bonds is 3. The number of pyridine rings is 1. The summed E-state index contributed by atoms with van der Waals surface area (Å²) < 4.78 is 4.96. The number of carbonyl (C=O) groups excluding carboxylic acids is 1. The molecule has 0 N–H and O–H groups in total. The molecular formula is C9H9NO2. The molecule has 62 valence electrons. The van der Waals surface area contributed by atoms with Gasteiger partial charge in [-0.25, -0.2) is 0 Å². The minimum absolute atomic E-state index is 0.447. The summed E-state index contributed by atoms with van der Waals surface area (Å²) in [5.74, 6) is 0.523. The molecule has 0 radical (unpaired) electrons. The van der Waals surface area contributed by atoms with Crippen LogP contribution in [0.1, 0.15) is 16.1 Å². The van der Waals surface area contributed by atoms with Crippen molar-refractivity contribution in [2.75, 3.05) is 7.11 Å². The zero-order valence-corrected chi connectivity index (χ0v) is 6.78. The highest BCUT2D eigenvalue weighted by Gasteiger charge is 2.01. The molecule has 0 saturated heterocycles. The van der Waals surface area contributed by atoms with E-state index < -0.39 is 0 Å². The molecule has 0 atom stereocenters. The highest BCUT2D eigenvalue weighted by molar-refractivity contribution is 5.79. The van der Waals surface area contributed by atoms with Gasteiger partial charge in [-0.1, -0.05) is 6.58 Å². The van der Waals surface area contributed by atoms with E-state index in [1.165, 1.54) is 13.3 Å². The molecular weight excluding hydrogens is 154 g/mol. The minimum atomic E-state index is 0.447. The number of aromatic nitrogens is 1. The Morgan fingerprint density at radius 3 is 2.92 bits per heavy atom. The molecule has 1 aromatic rings. The standard InChI is InChI=1S/C9H9NO2/c1-3-8-4-9(12-2)7(6-11)5-10-8/h3-6H,1H2,2H3. The average molecular weight is 163 g/mol. The molecule has 1 heterocycles. The lowest BCUT2D eigenvalue weighted by atomic mass is 10.2. The first kappa shape index (κ1) is 8.46. The fourth-order valence-electron chi connectivity index (χ4n) is 0.840. The van der Waals surface area contributed by atoms with Gasteiger partial charge in [0, 0.05) is 12.3 Å². The lowest BCUT2D eigenvalue weighted by Gasteiger charge is -2.02. The molecule has 0 aliphatic heterocycles. The number of carbonyl (C=O) groups is 1. The van der Waals surface area contributed by atoms with Gasteiger partial charge < -0.3 is 4.74 Å². The van der Waals surface area contributed by atoms with E-state index in [-0.39, 0.29) is 0 Å². The van der Waals surface area contributed by atoms with Crippen molar-refractivity contribution in [2.24, 2.45) is 0 Å². The Bertz CT molecular complexity index is 307. The number of nitrogens with zero attached hydrogens (tertiary/aromatic N) is 1. The zero-order chi connectivity index (χ0) is 8.97. The van der Waals surface area contributed by atoms with Gasteiger partial charge in [0.15, 0.2) is 6.29 Å². The number of ether oxygens (including phenoxy) is 1. The van der Waals surface area contributed by atoms with Crippen LogP contribution >= 0.6 is 0 Å². The van der Waals surface area contributed by atoms with Gasteiger partial charge in [-0.05, 0) is 6.08 Å². The fraction of sp³-hybridized carbons (Fsp3) is 0.111. The summed E-state index contributed by atoms with van der Waals surface area (Å²) in [4.78, 5) is 14.4. The highest BCUT2D eigenvalue weighted by atomic mass is 16.5. The van der Waals surface area contributed by atoms with E-state index in [1.807, 2.05) is 0 Å². The molecule has 0 saturated carbocycles. The summed E-state index contributed by atoms with van der Waals surface area (Å²) in [6.07, 6.45) is 3.76. The van der Waals surface area contributed by atoms with E-state index in [4.69, 9.17) is 4.74 Å². The number of aldehydes is 1. The van der Waals surface area contributed by atoms with Crippen LogP contribution in [-0.4, -0.2) is 18.4 Å². The summed E-state index contributed by atoms with van der Waals surface area (Å²) in [5, 5.41) is 0. The number of methoxy groups -OCH3 is 1. The van der Waals surface area contributed by atoms with Crippen LogP contribution in [0.15, 0.2) is 18.8 Å². The van der Waals surface area contributed by atoms with Crippen LogP contribution in [0, 0.1) is 0 Å². The molecule has 0 aliphatic rings. The van der Waals surface area contributed by atoms with Crippen LogP contribution in [0.3, 0.4) is 0 Å². The van der Waals surface area contributed by atoms with Gasteiger partial charge in [0.05, 0.1) is 18.4 Å². The summed E-state index contributed by atoms with van der Waals surface area (Å²) in [7, 11) is 1.51. The molecule has 12 heavy (non-hydrogen) atoms. The minimum Gasteiger partial charge on any atom is -0.496 e. The second-order valence-electron chi connectivity index (χ2n) is 2.17. The summed E-state index contributed by atoms with van der Waals surface area (Å²) in [5.41, 5.74) is 1.14. The lowest BCUT2D eigenvalue weighted by molar-refractivity contribution is 0.112. The molecule has 0 aliphatic carbocycles. The van der Waals surface area contributed by atoms with Crippen molar-refractivity contribution in [3.63, 3.8) is 0 Å². The Hall–Kier alpha value is -1.64. The quantitative estimate of drug-likeness (QED) is 0.634. The van der Waals surface area contributed by atoms with Gasteiger partial charge >= 0.3 is 0 Å². The van der Waals surface area contributed by atoms with Crippen molar-refractivity contribution < 1.29 is 9.53 Å². The highest BCUT2D eigenvalue weighted by Crippen LogP contribution is 2.16. The monoisotopic (exact) mass is 163 g/mol. The largest absolute Gasteiger partial charge is 0.496 e. The predicted molar refractivity (Wildman–Crippen MR) is 46.3 cm³/mol. The van der Waals surface area contributed by atoms with Crippen molar-refractivity contribution in [3.05, 3.63) is 30.1 Å². The second-order valence-corrected chi connectivity index (χ2v) is 2.17. The molecule has 3 heteroatoms. The Labute approximate surface area is 70.7 Å². The van der Waals surface area contributed by atoms with Crippen LogP contribution in [-0.2, 0) is 0 Å². The Morgan fingerprint density at radius 1 is 1.67 bits per heavy atom. The van der Waals surface area contributed by atoms with E-state index in [0.717, 1.165) is 0 Å². The third kappa shape index (κ3) is 1.50. The summed E-state index contributed by atoms with van der Waals surface area (Å²) >= 11 is 0. The maximum Gasteiger partial charge on any atom is 0.155 e. The van der Waals surface area contributed by atoms with Gasteiger partial charge in [0.2, 0.25) is 0 Å². The van der Waals surface area contributed by atoms with Crippen LogP contribution in [0.5, 0.6) is 5.75 Å². The fourth-order valence-corrected chi connectivity index (χ4v) is 0.840. The van der Waals surface area contributed by atoms with Crippen LogP contribution in [0.25, 0.3) is 6.08 Å². The first-order valence-electron chi connectivity index (χ1n) is 3.43. The molecule has 1 aromatic heterocycles. The third-order valence-corrected chi connectivity index (χ3v) is 1.47. The average Bonchev–Trinajstić information content (AvgIpc) is 2.16. The van der Waals surface area contributed by atoms with Crippen molar-refractivity contribution in [2.45, 2.75) is 0 Å². The molecule has 0 aromatic carbocycles. The third-order valence-electron chi connectivity index (χ3n) is 1.47. The van der Waals surface area contributed by atoms with Crippen molar-refractivity contribution in [1.82, 2.24) is 4.98 Å². The van der Waals surface area contributed by atoms with Gasteiger partial charge in [-0.2, -0.15) is 0 Å². The zero-order valence-electron chi connectivity index (χ0n) is 6.78. The molecule has 0 spiro atoms. The molecule has 0 amide bonds. The molecule has 1 rings (SSSR count). The van der Waals surface area contributed by atoms with Gasteiger partial charge in [-0.3, -0.25) is 9.78 Å². The topological polar surface area (TPSA) is 39.2 Å². The van der Waals surface area contributed by atoms with E-state index in [1.54, 1.807) is 12.1 Å². The van der Waals surface area contributed by atoms with Crippen LogP contribution in [0.4, 0.5) is 0 Å². The van der Waals surface area contributed by atoms with E-state index in [9.17, 15) is 4.79 Å². The van der Waals surface area contributed by atoms with Gasteiger partial charge in [0.25, 0.3) is 0 Å². The maximum absolute atomic E-state index is 10.4. The molecule has 0 unspecified atom stereocenters. The van der Waals surface area contributed by atoms with Crippen LogP contribution < -0.4 is 4.74 Å². The molecule has 0 fully saturated rings. The smallest absolute Gasteiger partial charge is 0.155 e. The SMILES string of the molecule is C=Cc1cc(OC)c(C=O)cn1. The van der Waals surface area contributed by atoms with Crippen molar-refractivity contribution in [3.8, 4) is 5.75 Å². The summed E-state index contributed by atoms with van der Waals surface area (Å²) in [6.45, 7) is 3.56. The Kier molecular flexibility index (Phi) is 2.58. The first-order valence-corrected chi connectivity index (χ1v) is 3.43. The van der Waals surface area contributed by atoms with E-state index >= 15 is 0 Å². The Balaban J connectivity index is 3.18. The van der Waals surface area contributed by atoms with Crippen molar-refractivity contribution in [1.29, 1.82) is 0 Å². The summed E-state index contributed by atoms with van der Waals surface area (Å²) in [6, 6.07) is 1.66. The number of hydrogen-bond donors (Lipinski definition) is 0. The van der Waals surface area contributed by atoms with Crippen molar-refractivity contribution >= 4 is 12.4 Å². The predicted octanol–water partition coefficient (Wildman–Crippen LogP) is 1.55. The molecule has 0 bridgehead atoms. The Morgan fingerprint density at radius 2 is 2.42 bits per heavy atom.